The zero-order valence-electron chi connectivity index (χ0n) is 17.7. The molecule has 1 atom stereocenters. The van der Waals surface area contributed by atoms with Crippen LogP contribution in [0.1, 0.15) is 35.3 Å². The van der Waals surface area contributed by atoms with Gasteiger partial charge in [0.25, 0.3) is 5.91 Å². The van der Waals surface area contributed by atoms with Crippen LogP contribution >= 0.6 is 0 Å². The highest BCUT2D eigenvalue weighted by Gasteiger charge is 2.31. The third kappa shape index (κ3) is 4.51. The monoisotopic (exact) mass is 437 g/mol. The number of nitrogens with zero attached hydrogens (tertiary/aromatic N) is 1. The Hall–Kier alpha value is -3.06. The van der Waals surface area contributed by atoms with Crippen LogP contribution in [0.2, 0.25) is 0 Å². The summed E-state index contributed by atoms with van der Waals surface area (Å²) >= 11 is 0. The third-order valence-corrected chi connectivity index (χ3v) is 6.17. The number of nitrogens with one attached hydrogen (secondary N) is 2. The van der Waals surface area contributed by atoms with Gasteiger partial charge in [0.15, 0.2) is 0 Å². The average Bonchev–Trinajstić information content (AvgIpc) is 2.73. The highest BCUT2D eigenvalue weighted by atomic mass is 32.2. The van der Waals surface area contributed by atoms with Crippen LogP contribution in [0.15, 0.2) is 54.7 Å². The van der Waals surface area contributed by atoms with Gasteiger partial charge < -0.3 is 10.6 Å². The molecule has 0 saturated carbocycles. The lowest BCUT2D eigenvalue weighted by atomic mass is 9.78. The van der Waals surface area contributed by atoms with Crippen molar-refractivity contribution in [3.05, 3.63) is 77.2 Å². The lowest BCUT2D eigenvalue weighted by Crippen LogP contribution is -2.43. The van der Waals surface area contributed by atoms with E-state index in [1.807, 2.05) is 24.3 Å². The number of anilines is 2. The van der Waals surface area contributed by atoms with E-state index >= 15 is 0 Å². The summed E-state index contributed by atoms with van der Waals surface area (Å²) < 4.78 is 25.5. The Balaban J connectivity index is 1.64. The molecule has 3 aromatic rings. The van der Waals surface area contributed by atoms with Gasteiger partial charge in [0.05, 0.1) is 5.75 Å². The summed E-state index contributed by atoms with van der Waals surface area (Å²) in [6.45, 7) is 4.83. The van der Waals surface area contributed by atoms with Crippen molar-refractivity contribution in [1.29, 1.82) is 0 Å². The van der Waals surface area contributed by atoms with E-state index in [1.54, 1.807) is 24.6 Å². The number of fused-ring (bicyclic) bond motifs is 1. The number of halogens is 1. The van der Waals surface area contributed by atoms with Crippen LogP contribution in [0.5, 0.6) is 0 Å². The third-order valence-electron chi connectivity index (χ3n) is 5.45. The molecule has 31 heavy (non-hydrogen) atoms. The van der Waals surface area contributed by atoms with Gasteiger partial charge in [-0.1, -0.05) is 19.9 Å². The first-order chi connectivity index (χ1) is 14.7. The minimum Gasteiger partial charge on any atom is -0.351 e. The van der Waals surface area contributed by atoms with E-state index < -0.39 is 10.8 Å². The maximum Gasteiger partial charge on any atom is 0.251 e. The van der Waals surface area contributed by atoms with Crippen molar-refractivity contribution < 1.29 is 13.4 Å². The zero-order chi connectivity index (χ0) is 22.2. The van der Waals surface area contributed by atoms with Gasteiger partial charge in [-0.25, -0.2) is 9.37 Å². The molecule has 160 valence electrons. The van der Waals surface area contributed by atoms with E-state index in [2.05, 4.69) is 35.5 Å². The van der Waals surface area contributed by atoms with E-state index in [-0.39, 0.29) is 22.9 Å². The summed E-state index contributed by atoms with van der Waals surface area (Å²) in [6.07, 6.45) is 3.26. The van der Waals surface area contributed by atoms with Gasteiger partial charge in [0.2, 0.25) is 0 Å². The number of carbonyl (C=O) groups excluding carboxylic acids is 1. The van der Waals surface area contributed by atoms with Gasteiger partial charge in [0, 0.05) is 52.0 Å². The summed E-state index contributed by atoms with van der Waals surface area (Å²) in [5, 5.41) is 6.14. The van der Waals surface area contributed by atoms with Crippen LogP contribution in [-0.4, -0.2) is 27.9 Å². The molecule has 0 saturated heterocycles. The first-order valence-corrected chi connectivity index (χ1v) is 11.7. The topological polar surface area (TPSA) is 71.1 Å². The molecule has 7 heteroatoms. The van der Waals surface area contributed by atoms with E-state index in [1.165, 1.54) is 6.07 Å². The average molecular weight is 438 g/mol. The quantitative estimate of drug-likeness (QED) is 0.615. The second-order valence-corrected chi connectivity index (χ2v) is 9.84. The minimum atomic E-state index is -1.13. The molecule has 2 N–H and O–H groups in total. The summed E-state index contributed by atoms with van der Waals surface area (Å²) in [7, 11) is -1.13. The van der Waals surface area contributed by atoms with Gasteiger partial charge in [-0.05, 0) is 59.2 Å². The van der Waals surface area contributed by atoms with Crippen LogP contribution in [0.25, 0.3) is 11.1 Å². The molecular weight excluding hydrogens is 413 g/mol. The van der Waals surface area contributed by atoms with Crippen molar-refractivity contribution in [3.63, 3.8) is 0 Å². The summed E-state index contributed by atoms with van der Waals surface area (Å²) in [5.41, 5.74) is 4.60. The van der Waals surface area contributed by atoms with Crippen LogP contribution in [0, 0.1) is 5.82 Å². The van der Waals surface area contributed by atoms with Crippen LogP contribution in [0.4, 0.5) is 15.9 Å². The first-order valence-electron chi connectivity index (χ1n) is 9.97. The second kappa shape index (κ2) is 8.23. The first kappa shape index (κ1) is 21.2. The Bertz CT molecular complexity index is 1190. The van der Waals surface area contributed by atoms with Gasteiger partial charge in [-0.2, -0.15) is 0 Å². The maximum absolute atomic E-state index is 14.0. The summed E-state index contributed by atoms with van der Waals surface area (Å²) in [6, 6.07) is 14.4. The number of rotatable bonds is 5. The maximum atomic E-state index is 14.0. The molecular formula is C24H24FN3O2S. The molecule has 1 unspecified atom stereocenters. The molecule has 2 heterocycles. The van der Waals surface area contributed by atoms with Gasteiger partial charge >= 0.3 is 0 Å². The molecule has 0 bridgehead atoms. The number of hydrogen-bond donors (Lipinski definition) is 2. The Kier molecular flexibility index (Phi) is 5.62. The summed E-state index contributed by atoms with van der Waals surface area (Å²) in [5.74, 6) is 0.358. The minimum absolute atomic E-state index is 0.0434. The summed E-state index contributed by atoms with van der Waals surface area (Å²) in [4.78, 5) is 16.6. The van der Waals surface area contributed by atoms with Crippen LogP contribution in [-0.2, 0) is 22.0 Å². The number of pyridine rings is 1. The predicted molar refractivity (Wildman–Crippen MR) is 122 cm³/mol. The van der Waals surface area contributed by atoms with Crippen molar-refractivity contribution in [1.82, 2.24) is 10.3 Å². The fourth-order valence-electron chi connectivity index (χ4n) is 3.78. The molecule has 1 amide bonds. The number of aromatic nitrogens is 1. The van der Waals surface area contributed by atoms with Gasteiger partial charge in [0.1, 0.15) is 11.6 Å². The van der Waals surface area contributed by atoms with Crippen molar-refractivity contribution in [2.24, 2.45) is 0 Å². The highest BCUT2D eigenvalue weighted by molar-refractivity contribution is 7.83. The lowest BCUT2D eigenvalue weighted by molar-refractivity contribution is 0.0930. The molecule has 2 aromatic carbocycles. The van der Waals surface area contributed by atoms with E-state index in [9.17, 15) is 13.4 Å². The Morgan fingerprint density at radius 1 is 1.13 bits per heavy atom. The van der Waals surface area contributed by atoms with Gasteiger partial charge in [-0.15, -0.1) is 0 Å². The number of benzene rings is 2. The molecule has 1 aromatic heterocycles. The molecule has 5 nitrogen and oxygen atoms in total. The van der Waals surface area contributed by atoms with Crippen molar-refractivity contribution in [2.45, 2.75) is 25.0 Å². The Morgan fingerprint density at radius 2 is 1.90 bits per heavy atom. The van der Waals surface area contributed by atoms with Crippen molar-refractivity contribution in [3.8, 4) is 11.1 Å². The molecule has 0 spiro atoms. The van der Waals surface area contributed by atoms with Crippen molar-refractivity contribution >= 4 is 28.2 Å². The second-order valence-electron chi connectivity index (χ2n) is 8.41. The molecule has 1 aliphatic rings. The molecule has 4 rings (SSSR count). The largest absolute Gasteiger partial charge is 0.351 e. The molecule has 0 aliphatic carbocycles. The smallest absolute Gasteiger partial charge is 0.251 e. The Labute approximate surface area is 183 Å². The van der Waals surface area contributed by atoms with E-state index in [0.29, 0.717) is 29.2 Å². The van der Waals surface area contributed by atoms with Crippen LogP contribution in [0.3, 0.4) is 0 Å². The fourth-order valence-corrected chi connectivity index (χ4v) is 4.44. The lowest BCUT2D eigenvalue weighted by Gasteiger charge is -2.32. The molecule has 0 fully saturated rings. The normalized spacial score (nSPS) is 15.7. The molecule has 0 radical (unpaired) electrons. The zero-order valence-corrected chi connectivity index (χ0v) is 18.5. The van der Waals surface area contributed by atoms with E-state index in [0.717, 1.165) is 16.7 Å². The highest BCUT2D eigenvalue weighted by Crippen LogP contribution is 2.34. The SMILES string of the molecule is CS(=O)Cc1cc(Nc2cc(-c3ccc4c(c3)C(C)(C)CNC4=O)ccn2)ccc1F. The van der Waals surface area contributed by atoms with Gasteiger partial charge in [-0.3, -0.25) is 9.00 Å². The Morgan fingerprint density at radius 3 is 2.68 bits per heavy atom. The number of amides is 1. The van der Waals surface area contributed by atoms with Crippen LogP contribution < -0.4 is 10.6 Å². The molecule has 1 aliphatic heterocycles. The van der Waals surface area contributed by atoms with E-state index in [4.69, 9.17) is 0 Å². The number of hydrogen-bond acceptors (Lipinski definition) is 4. The number of carbonyl (C=O) groups is 1. The van der Waals surface area contributed by atoms with Crippen molar-refractivity contribution in [2.75, 3.05) is 18.1 Å². The predicted octanol–water partition coefficient (Wildman–Crippen LogP) is 4.53. The fraction of sp³-hybridized carbons (Fsp3) is 0.250. The standard InChI is InChI=1S/C24H24FN3O2S/c1-24(2)14-27-23(29)19-6-4-15(11-20(19)24)16-8-9-26-22(12-16)28-18-5-7-21(25)17(10-18)13-31(3)30/h4-12H,13-14H2,1-3H3,(H,26,28)(H,27,29).